The number of likely N-dealkylation sites (N-methyl/N-ethyl adjacent to an activating group) is 1. The highest BCUT2D eigenvalue weighted by atomic mass is 16.5. The molecule has 1 unspecified atom stereocenters. The number of nitrogens with one attached hydrogen (secondary N) is 1. The maximum Gasteiger partial charge on any atom is 0.0363 e. The topological polar surface area (TPSA) is 35.5 Å². The zero-order chi connectivity index (χ0) is 6.69. The molecular formula is C6H14N2O. The average molecular weight is 130 g/mol. The van der Waals surface area contributed by atoms with Gasteiger partial charge in [0, 0.05) is 12.6 Å². The van der Waals surface area contributed by atoms with Crippen molar-refractivity contribution in [2.45, 2.75) is 18.9 Å². The second kappa shape index (κ2) is 3.15. The molecule has 9 heavy (non-hydrogen) atoms. The van der Waals surface area contributed by atoms with E-state index in [-0.39, 0.29) is 0 Å². The van der Waals surface area contributed by atoms with Crippen LogP contribution in [0.3, 0.4) is 0 Å². The summed E-state index contributed by atoms with van der Waals surface area (Å²) < 4.78 is 0. The van der Waals surface area contributed by atoms with Gasteiger partial charge in [0.1, 0.15) is 0 Å². The van der Waals surface area contributed by atoms with Gasteiger partial charge < -0.3 is 10.1 Å². The van der Waals surface area contributed by atoms with Crippen LogP contribution in [0.25, 0.3) is 0 Å². The van der Waals surface area contributed by atoms with Crippen LogP contribution in [0.15, 0.2) is 0 Å². The van der Waals surface area contributed by atoms with Gasteiger partial charge in [0.25, 0.3) is 0 Å². The number of hydrogen-bond acceptors (Lipinski definition) is 3. The lowest BCUT2D eigenvalue weighted by molar-refractivity contribution is 0.137. The molecule has 3 heteroatoms. The fourth-order valence-corrected chi connectivity index (χ4v) is 1.34. The Balaban J connectivity index is 2.22. The van der Waals surface area contributed by atoms with E-state index in [1.807, 2.05) is 0 Å². The van der Waals surface area contributed by atoms with Crippen LogP contribution in [0.4, 0.5) is 0 Å². The fourth-order valence-electron chi connectivity index (χ4n) is 1.34. The highest BCUT2D eigenvalue weighted by Crippen LogP contribution is 2.12. The van der Waals surface area contributed by atoms with E-state index >= 15 is 0 Å². The van der Waals surface area contributed by atoms with Gasteiger partial charge in [-0.25, -0.2) is 5.48 Å². The molecule has 0 amide bonds. The van der Waals surface area contributed by atoms with Crippen molar-refractivity contribution < 1.29 is 5.21 Å². The summed E-state index contributed by atoms with van der Waals surface area (Å²) in [6, 6.07) is 0.551. The zero-order valence-electron chi connectivity index (χ0n) is 5.80. The largest absolute Gasteiger partial charge is 0.317 e. The molecule has 1 saturated heterocycles. The van der Waals surface area contributed by atoms with Gasteiger partial charge in [-0.1, -0.05) is 0 Å². The normalized spacial score (nSPS) is 29.3. The third-order valence-electron chi connectivity index (χ3n) is 2.00. The molecule has 1 aliphatic rings. The average Bonchev–Trinajstić information content (AvgIpc) is 2.18. The van der Waals surface area contributed by atoms with E-state index in [4.69, 9.17) is 5.21 Å². The molecule has 3 nitrogen and oxygen atoms in total. The summed E-state index contributed by atoms with van der Waals surface area (Å²) >= 11 is 0. The third-order valence-corrected chi connectivity index (χ3v) is 2.00. The van der Waals surface area contributed by atoms with Gasteiger partial charge in [-0.2, -0.15) is 0 Å². The second-order valence-electron chi connectivity index (χ2n) is 2.64. The van der Waals surface area contributed by atoms with Crippen LogP contribution in [-0.2, 0) is 0 Å². The monoisotopic (exact) mass is 130 g/mol. The molecule has 2 N–H and O–H groups in total. The minimum atomic E-state index is 0.551. The van der Waals surface area contributed by atoms with Gasteiger partial charge in [-0.15, -0.1) is 0 Å². The molecule has 1 rings (SSSR count). The van der Waals surface area contributed by atoms with Crippen molar-refractivity contribution >= 4 is 0 Å². The summed E-state index contributed by atoms with van der Waals surface area (Å²) in [6.45, 7) is 1.88. The maximum absolute atomic E-state index is 8.37. The van der Waals surface area contributed by atoms with E-state index in [0.717, 1.165) is 0 Å². The molecule has 0 aromatic carbocycles. The predicted molar refractivity (Wildman–Crippen MR) is 35.4 cm³/mol. The number of rotatable bonds is 2. The molecule has 0 aromatic heterocycles. The summed E-state index contributed by atoms with van der Waals surface area (Å²) in [5.41, 5.74) is 2.20. The van der Waals surface area contributed by atoms with Gasteiger partial charge >= 0.3 is 0 Å². The molecule has 0 radical (unpaired) electrons. The van der Waals surface area contributed by atoms with E-state index in [2.05, 4.69) is 17.4 Å². The van der Waals surface area contributed by atoms with Crippen molar-refractivity contribution in [3.8, 4) is 0 Å². The first-order chi connectivity index (χ1) is 4.34. The van der Waals surface area contributed by atoms with Gasteiger partial charge in [-0.3, -0.25) is 0 Å². The highest BCUT2D eigenvalue weighted by Gasteiger charge is 2.19. The summed E-state index contributed by atoms with van der Waals surface area (Å²) in [7, 11) is 2.09. The lowest BCUT2D eigenvalue weighted by Gasteiger charge is -2.17. The first-order valence-electron chi connectivity index (χ1n) is 3.42. The molecule has 1 heterocycles. The molecular weight excluding hydrogens is 116 g/mol. The van der Waals surface area contributed by atoms with Crippen molar-refractivity contribution in [1.82, 2.24) is 10.4 Å². The van der Waals surface area contributed by atoms with Crippen LogP contribution in [0, 0.1) is 0 Å². The minimum absolute atomic E-state index is 0.551. The van der Waals surface area contributed by atoms with Crippen LogP contribution in [0.5, 0.6) is 0 Å². The van der Waals surface area contributed by atoms with Crippen LogP contribution in [0.1, 0.15) is 12.8 Å². The van der Waals surface area contributed by atoms with Crippen molar-refractivity contribution in [2.24, 2.45) is 0 Å². The Bertz CT molecular complexity index is 87.1. The Kier molecular flexibility index (Phi) is 2.45. The quantitative estimate of drug-likeness (QED) is 0.519. The second-order valence-corrected chi connectivity index (χ2v) is 2.64. The van der Waals surface area contributed by atoms with E-state index in [9.17, 15) is 0 Å². The standard InChI is InChI=1S/C6H14N2O/c1-8-4-2-3-6(8)5-7-9/h6-7,9H,2-5H2,1H3. The van der Waals surface area contributed by atoms with Crippen molar-refractivity contribution in [3.63, 3.8) is 0 Å². The Labute approximate surface area is 55.6 Å². The van der Waals surface area contributed by atoms with Gasteiger partial charge in [0.2, 0.25) is 0 Å². The number of hydrogen-bond donors (Lipinski definition) is 2. The number of likely N-dealkylation sites (tertiary alicyclic amines) is 1. The van der Waals surface area contributed by atoms with Gasteiger partial charge in [0.05, 0.1) is 0 Å². The Hall–Kier alpha value is -0.120. The molecule has 1 fully saturated rings. The highest BCUT2D eigenvalue weighted by molar-refractivity contribution is 4.76. The smallest absolute Gasteiger partial charge is 0.0363 e. The summed E-state index contributed by atoms with van der Waals surface area (Å²) in [5.74, 6) is 0. The molecule has 0 bridgehead atoms. The zero-order valence-corrected chi connectivity index (χ0v) is 5.80. The van der Waals surface area contributed by atoms with E-state index in [0.29, 0.717) is 12.6 Å². The summed E-state index contributed by atoms with van der Waals surface area (Å²) in [6.07, 6.45) is 2.48. The Morgan fingerprint density at radius 3 is 3.00 bits per heavy atom. The van der Waals surface area contributed by atoms with Crippen LogP contribution in [0.2, 0.25) is 0 Å². The van der Waals surface area contributed by atoms with E-state index in [1.54, 1.807) is 0 Å². The number of hydroxylamine groups is 1. The number of nitrogens with zero attached hydrogens (tertiary/aromatic N) is 1. The summed E-state index contributed by atoms with van der Waals surface area (Å²) in [4.78, 5) is 2.27. The predicted octanol–water partition coefficient (Wildman–Crippen LogP) is 0.0594. The van der Waals surface area contributed by atoms with Crippen molar-refractivity contribution in [1.29, 1.82) is 0 Å². The molecule has 54 valence electrons. The lowest BCUT2D eigenvalue weighted by atomic mass is 10.2. The molecule has 0 aromatic rings. The maximum atomic E-state index is 8.37. The molecule has 0 aliphatic carbocycles. The van der Waals surface area contributed by atoms with Gasteiger partial charge in [-0.05, 0) is 26.4 Å². The first kappa shape index (κ1) is 6.99. The van der Waals surface area contributed by atoms with E-state index in [1.165, 1.54) is 19.4 Å². The van der Waals surface area contributed by atoms with Crippen LogP contribution < -0.4 is 5.48 Å². The van der Waals surface area contributed by atoms with E-state index < -0.39 is 0 Å². The fraction of sp³-hybridized carbons (Fsp3) is 1.00. The SMILES string of the molecule is CN1CCCC1CNO. The molecule has 0 saturated carbocycles. The molecule has 1 aliphatic heterocycles. The lowest BCUT2D eigenvalue weighted by Crippen LogP contribution is -2.33. The molecule has 1 atom stereocenters. The van der Waals surface area contributed by atoms with Gasteiger partial charge in [0.15, 0.2) is 0 Å². The third kappa shape index (κ3) is 1.64. The molecule has 0 spiro atoms. The van der Waals surface area contributed by atoms with Crippen molar-refractivity contribution in [3.05, 3.63) is 0 Å². The first-order valence-corrected chi connectivity index (χ1v) is 3.42. The van der Waals surface area contributed by atoms with Crippen molar-refractivity contribution in [2.75, 3.05) is 20.1 Å². The van der Waals surface area contributed by atoms with Crippen LogP contribution in [-0.4, -0.2) is 36.3 Å². The Morgan fingerprint density at radius 1 is 1.78 bits per heavy atom. The summed E-state index contributed by atoms with van der Waals surface area (Å²) in [5, 5.41) is 8.37. The Morgan fingerprint density at radius 2 is 2.56 bits per heavy atom. The van der Waals surface area contributed by atoms with Crippen LogP contribution >= 0.6 is 0 Å². The minimum Gasteiger partial charge on any atom is -0.317 e.